The van der Waals surface area contributed by atoms with E-state index in [1.807, 2.05) is 24.3 Å². The van der Waals surface area contributed by atoms with Crippen molar-refractivity contribution in [3.63, 3.8) is 0 Å². The number of benzene rings is 2. The maximum atomic E-state index is 12.2. The predicted octanol–water partition coefficient (Wildman–Crippen LogP) is 4.72. The molecule has 1 N–H and O–H groups in total. The van der Waals surface area contributed by atoms with Crippen LogP contribution >= 0.6 is 27.7 Å². The van der Waals surface area contributed by atoms with E-state index in [4.69, 9.17) is 4.74 Å². The smallest absolute Gasteiger partial charge is 0.221 e. The monoisotopic (exact) mass is 462 g/mol. The van der Waals surface area contributed by atoms with Gasteiger partial charge in [-0.2, -0.15) is 0 Å². The number of carbonyl (C=O) groups excluding carboxylic acids is 1. The molecule has 0 spiro atoms. The lowest BCUT2D eigenvalue weighted by atomic mass is 10.0. The van der Waals surface area contributed by atoms with Gasteiger partial charge in [0.1, 0.15) is 5.75 Å². The van der Waals surface area contributed by atoms with Crippen molar-refractivity contribution < 1.29 is 9.53 Å². The van der Waals surface area contributed by atoms with Crippen molar-refractivity contribution >= 4 is 33.6 Å². The summed E-state index contributed by atoms with van der Waals surface area (Å²) in [5, 5.41) is 3.21. The van der Waals surface area contributed by atoms with Gasteiger partial charge in [0.2, 0.25) is 5.91 Å². The van der Waals surface area contributed by atoms with Crippen LogP contribution < -0.4 is 10.1 Å². The molecule has 1 aliphatic rings. The molecule has 0 atom stereocenters. The highest BCUT2D eigenvalue weighted by atomic mass is 79.9. The zero-order valence-electron chi connectivity index (χ0n) is 16.2. The number of rotatable bonds is 8. The predicted molar refractivity (Wildman–Crippen MR) is 119 cm³/mol. The molecule has 6 heteroatoms. The molecular formula is C22H27BrN2O2S. The fourth-order valence-corrected chi connectivity index (χ4v) is 4.47. The summed E-state index contributed by atoms with van der Waals surface area (Å²) >= 11 is 5.16. The first-order valence-electron chi connectivity index (χ1n) is 9.65. The molecule has 150 valence electrons. The summed E-state index contributed by atoms with van der Waals surface area (Å²) in [6.45, 7) is 2.95. The molecule has 1 saturated heterocycles. The van der Waals surface area contributed by atoms with E-state index >= 15 is 0 Å². The average Bonchev–Trinajstić information content (AvgIpc) is 2.71. The quantitative estimate of drug-likeness (QED) is 0.576. The van der Waals surface area contributed by atoms with E-state index in [1.54, 1.807) is 18.9 Å². The number of hydrogen-bond acceptors (Lipinski definition) is 4. The molecule has 1 fully saturated rings. The van der Waals surface area contributed by atoms with E-state index in [9.17, 15) is 4.79 Å². The standard InChI is InChI=1S/C22H27BrN2O2S/c1-27-20-4-2-3-17(15-20)16-25-12-9-19(10-13-25)24-22(26)11-14-28-21-7-5-18(23)6-8-21/h2-8,15,19H,9-14,16H2,1H3,(H,24,26). The first kappa shape index (κ1) is 21.2. The lowest BCUT2D eigenvalue weighted by Crippen LogP contribution is -2.44. The van der Waals surface area contributed by atoms with Crippen LogP contribution in [0.2, 0.25) is 0 Å². The van der Waals surface area contributed by atoms with Crippen LogP contribution in [0.4, 0.5) is 0 Å². The normalized spacial score (nSPS) is 15.4. The fourth-order valence-electron chi connectivity index (χ4n) is 3.36. The minimum Gasteiger partial charge on any atom is -0.497 e. The second kappa shape index (κ2) is 10.9. The minimum absolute atomic E-state index is 0.163. The highest BCUT2D eigenvalue weighted by Gasteiger charge is 2.20. The Kier molecular flexibility index (Phi) is 8.25. The van der Waals surface area contributed by atoms with Crippen LogP contribution in [0, 0.1) is 0 Å². The molecule has 0 unspecified atom stereocenters. The summed E-state index contributed by atoms with van der Waals surface area (Å²) < 4.78 is 6.38. The summed E-state index contributed by atoms with van der Waals surface area (Å²) in [5.41, 5.74) is 1.27. The summed E-state index contributed by atoms with van der Waals surface area (Å²) in [4.78, 5) is 15.9. The number of piperidine rings is 1. The highest BCUT2D eigenvalue weighted by molar-refractivity contribution is 9.10. The third-order valence-electron chi connectivity index (χ3n) is 4.90. The number of carbonyl (C=O) groups is 1. The van der Waals surface area contributed by atoms with Crippen LogP contribution in [-0.4, -0.2) is 42.8 Å². The third-order valence-corrected chi connectivity index (χ3v) is 6.45. The average molecular weight is 463 g/mol. The van der Waals surface area contributed by atoms with Crippen molar-refractivity contribution in [2.75, 3.05) is 26.0 Å². The molecule has 2 aromatic carbocycles. The molecule has 0 aliphatic carbocycles. The highest BCUT2D eigenvalue weighted by Crippen LogP contribution is 2.21. The second-order valence-electron chi connectivity index (χ2n) is 7.02. The molecule has 3 rings (SSSR count). The van der Waals surface area contributed by atoms with Gasteiger partial charge in [-0.15, -0.1) is 11.8 Å². The molecule has 28 heavy (non-hydrogen) atoms. The Morgan fingerprint density at radius 2 is 1.96 bits per heavy atom. The summed E-state index contributed by atoms with van der Waals surface area (Å²) in [5.74, 6) is 1.87. The lowest BCUT2D eigenvalue weighted by Gasteiger charge is -2.32. The summed E-state index contributed by atoms with van der Waals surface area (Å²) in [6.07, 6.45) is 2.58. The van der Waals surface area contributed by atoms with E-state index in [0.29, 0.717) is 12.5 Å². The maximum Gasteiger partial charge on any atom is 0.221 e. The van der Waals surface area contributed by atoms with Crippen molar-refractivity contribution in [2.45, 2.75) is 36.7 Å². The van der Waals surface area contributed by atoms with E-state index < -0.39 is 0 Å². The number of methoxy groups -OCH3 is 1. The molecule has 1 amide bonds. The topological polar surface area (TPSA) is 41.6 Å². The van der Waals surface area contributed by atoms with Gasteiger partial charge in [0, 0.05) is 47.2 Å². The van der Waals surface area contributed by atoms with E-state index in [2.05, 4.69) is 50.4 Å². The van der Waals surface area contributed by atoms with Crippen LogP contribution in [0.15, 0.2) is 57.9 Å². The number of halogens is 1. The van der Waals surface area contributed by atoms with Crippen molar-refractivity contribution in [3.8, 4) is 5.75 Å². The number of likely N-dealkylation sites (tertiary alicyclic amines) is 1. The Morgan fingerprint density at radius 1 is 1.21 bits per heavy atom. The van der Waals surface area contributed by atoms with Gasteiger partial charge in [0.15, 0.2) is 0 Å². The van der Waals surface area contributed by atoms with Crippen LogP contribution in [0.25, 0.3) is 0 Å². The lowest BCUT2D eigenvalue weighted by molar-refractivity contribution is -0.121. The van der Waals surface area contributed by atoms with Gasteiger partial charge in [-0.3, -0.25) is 9.69 Å². The Hall–Kier alpha value is -1.50. The minimum atomic E-state index is 0.163. The SMILES string of the molecule is COc1cccc(CN2CCC(NC(=O)CCSc3ccc(Br)cc3)CC2)c1. The van der Waals surface area contributed by atoms with Crippen LogP contribution in [0.3, 0.4) is 0 Å². The zero-order valence-corrected chi connectivity index (χ0v) is 18.6. The largest absolute Gasteiger partial charge is 0.497 e. The molecular weight excluding hydrogens is 436 g/mol. The second-order valence-corrected chi connectivity index (χ2v) is 9.11. The third kappa shape index (κ3) is 6.83. The van der Waals surface area contributed by atoms with E-state index in [0.717, 1.165) is 48.5 Å². The maximum absolute atomic E-state index is 12.2. The number of thioether (sulfide) groups is 1. The summed E-state index contributed by atoms with van der Waals surface area (Å²) in [7, 11) is 1.70. The number of nitrogens with zero attached hydrogens (tertiary/aromatic N) is 1. The number of ether oxygens (including phenoxy) is 1. The molecule has 1 heterocycles. The Bertz CT molecular complexity index is 761. The Labute approximate surface area is 180 Å². The first-order chi connectivity index (χ1) is 13.6. The molecule has 0 bridgehead atoms. The van der Waals surface area contributed by atoms with Crippen LogP contribution in [-0.2, 0) is 11.3 Å². The van der Waals surface area contributed by atoms with Crippen molar-refractivity contribution in [1.29, 1.82) is 0 Å². The van der Waals surface area contributed by atoms with Gasteiger partial charge in [-0.1, -0.05) is 28.1 Å². The molecule has 0 aromatic heterocycles. The molecule has 0 radical (unpaired) electrons. The van der Waals surface area contributed by atoms with Gasteiger partial charge in [0.05, 0.1) is 7.11 Å². The van der Waals surface area contributed by atoms with Gasteiger partial charge in [-0.05, 0) is 54.8 Å². The van der Waals surface area contributed by atoms with Crippen molar-refractivity contribution in [1.82, 2.24) is 10.2 Å². The van der Waals surface area contributed by atoms with Crippen molar-refractivity contribution in [3.05, 3.63) is 58.6 Å². The molecule has 0 saturated carbocycles. The van der Waals surface area contributed by atoms with Gasteiger partial charge < -0.3 is 10.1 Å². The van der Waals surface area contributed by atoms with Crippen LogP contribution in [0.1, 0.15) is 24.8 Å². The van der Waals surface area contributed by atoms with Crippen molar-refractivity contribution in [2.24, 2.45) is 0 Å². The zero-order chi connectivity index (χ0) is 19.8. The van der Waals surface area contributed by atoms with Gasteiger partial charge in [0.25, 0.3) is 0 Å². The first-order valence-corrected chi connectivity index (χ1v) is 11.4. The van der Waals surface area contributed by atoms with Gasteiger partial charge >= 0.3 is 0 Å². The number of nitrogens with one attached hydrogen (secondary N) is 1. The van der Waals surface area contributed by atoms with Crippen LogP contribution in [0.5, 0.6) is 5.75 Å². The molecule has 4 nitrogen and oxygen atoms in total. The Morgan fingerprint density at radius 3 is 2.68 bits per heavy atom. The number of hydrogen-bond donors (Lipinski definition) is 1. The van der Waals surface area contributed by atoms with Gasteiger partial charge in [-0.25, -0.2) is 0 Å². The van der Waals surface area contributed by atoms with E-state index in [1.165, 1.54) is 10.5 Å². The Balaban J connectivity index is 1.34. The summed E-state index contributed by atoms with van der Waals surface area (Å²) in [6, 6.07) is 16.7. The fraction of sp³-hybridized carbons (Fsp3) is 0.409. The molecule has 1 aliphatic heterocycles. The molecule has 2 aromatic rings. The van der Waals surface area contributed by atoms with E-state index in [-0.39, 0.29) is 5.91 Å². The number of amides is 1.